The molecule has 2 aliphatic rings. The van der Waals surface area contributed by atoms with Gasteiger partial charge in [-0.3, -0.25) is 19.7 Å². The van der Waals surface area contributed by atoms with Crippen molar-refractivity contribution in [3.05, 3.63) is 34.9 Å². The second kappa shape index (κ2) is 10.6. The van der Waals surface area contributed by atoms with Crippen molar-refractivity contribution in [1.82, 2.24) is 10.2 Å². The van der Waals surface area contributed by atoms with Gasteiger partial charge in [0.15, 0.2) is 0 Å². The second-order valence-corrected chi connectivity index (χ2v) is 8.47. The van der Waals surface area contributed by atoms with Crippen LogP contribution in [0.5, 0.6) is 0 Å². The van der Waals surface area contributed by atoms with Crippen molar-refractivity contribution in [2.75, 3.05) is 0 Å². The van der Waals surface area contributed by atoms with E-state index in [1.165, 1.54) is 63.4 Å². The Morgan fingerprint density at radius 2 is 1.66 bits per heavy atom. The molecular weight excluding hydrogens is 364 g/mol. The lowest BCUT2D eigenvalue weighted by molar-refractivity contribution is -0.136. The minimum absolute atomic E-state index is 0.0934. The van der Waals surface area contributed by atoms with Gasteiger partial charge in [-0.15, -0.1) is 0 Å². The number of imide groups is 1. The monoisotopic (exact) mass is 398 g/mol. The van der Waals surface area contributed by atoms with E-state index in [9.17, 15) is 14.4 Å². The molecule has 158 valence electrons. The van der Waals surface area contributed by atoms with Crippen LogP contribution in [-0.4, -0.2) is 28.7 Å². The van der Waals surface area contributed by atoms with Gasteiger partial charge in [0.05, 0.1) is 0 Å². The van der Waals surface area contributed by atoms with Crippen molar-refractivity contribution >= 4 is 17.7 Å². The largest absolute Gasteiger partial charge is 0.322 e. The summed E-state index contributed by atoms with van der Waals surface area (Å²) in [4.78, 5) is 37.8. The molecule has 0 saturated carbocycles. The molecule has 1 saturated heterocycles. The molecule has 2 heterocycles. The molecule has 1 aromatic rings. The fraction of sp³-hybridized carbons (Fsp3) is 0.625. The first-order chi connectivity index (χ1) is 14.1. The number of carbonyl (C=O) groups excluding carboxylic acids is 3. The standard InChI is InChI=1S/C24H34N2O3/c1-2-3-4-5-6-7-8-9-10-11-18-12-13-20-19(16-18)17-26(24(20)29)21-14-15-22(27)25-23(21)28/h12-13,16,21H,2-11,14-15,17H2,1H3,(H,25,27,28). The van der Waals surface area contributed by atoms with Gasteiger partial charge in [-0.2, -0.15) is 0 Å². The highest BCUT2D eigenvalue weighted by molar-refractivity contribution is 6.05. The molecule has 1 N–H and O–H groups in total. The lowest BCUT2D eigenvalue weighted by Crippen LogP contribution is -2.52. The van der Waals surface area contributed by atoms with Crippen molar-refractivity contribution < 1.29 is 14.4 Å². The van der Waals surface area contributed by atoms with Gasteiger partial charge in [-0.25, -0.2) is 0 Å². The Hall–Kier alpha value is -2.17. The third-order valence-corrected chi connectivity index (χ3v) is 6.16. The average molecular weight is 399 g/mol. The first-order valence-corrected chi connectivity index (χ1v) is 11.4. The van der Waals surface area contributed by atoms with Gasteiger partial charge in [0.2, 0.25) is 11.8 Å². The Morgan fingerprint density at radius 1 is 0.966 bits per heavy atom. The van der Waals surface area contributed by atoms with Crippen molar-refractivity contribution in [2.45, 2.75) is 96.6 Å². The molecule has 0 aromatic heterocycles. The molecule has 0 bridgehead atoms. The maximum absolute atomic E-state index is 12.7. The number of carbonyl (C=O) groups is 3. The highest BCUT2D eigenvalue weighted by atomic mass is 16.2. The van der Waals surface area contributed by atoms with Gasteiger partial charge in [0.1, 0.15) is 6.04 Å². The van der Waals surface area contributed by atoms with Crippen molar-refractivity contribution in [3.8, 4) is 0 Å². The number of amides is 3. The number of unbranched alkanes of at least 4 members (excludes halogenated alkanes) is 8. The second-order valence-electron chi connectivity index (χ2n) is 8.47. The predicted octanol–water partition coefficient (Wildman–Crippen LogP) is 4.52. The van der Waals surface area contributed by atoms with Crippen LogP contribution in [0.15, 0.2) is 18.2 Å². The van der Waals surface area contributed by atoms with Crippen LogP contribution in [0.25, 0.3) is 0 Å². The molecule has 5 nitrogen and oxygen atoms in total. The van der Waals surface area contributed by atoms with E-state index in [1.54, 1.807) is 4.90 Å². The van der Waals surface area contributed by atoms with Crippen LogP contribution in [0.1, 0.15) is 99.0 Å². The number of benzene rings is 1. The summed E-state index contributed by atoms with van der Waals surface area (Å²) in [5, 5.41) is 2.35. The van der Waals surface area contributed by atoms with Gasteiger partial charge in [0.25, 0.3) is 5.91 Å². The topological polar surface area (TPSA) is 66.5 Å². The van der Waals surface area contributed by atoms with Crippen LogP contribution in [0.3, 0.4) is 0 Å². The third kappa shape index (κ3) is 5.68. The minimum Gasteiger partial charge on any atom is -0.322 e. The van der Waals surface area contributed by atoms with Gasteiger partial charge in [0, 0.05) is 18.5 Å². The Morgan fingerprint density at radius 3 is 2.34 bits per heavy atom. The summed E-state index contributed by atoms with van der Waals surface area (Å²) in [6.07, 6.45) is 13.6. The molecule has 29 heavy (non-hydrogen) atoms. The van der Waals surface area contributed by atoms with Crippen LogP contribution in [0.4, 0.5) is 0 Å². The van der Waals surface area contributed by atoms with E-state index in [0.29, 0.717) is 24.9 Å². The zero-order chi connectivity index (χ0) is 20.6. The molecular formula is C24H34N2O3. The SMILES string of the molecule is CCCCCCCCCCCc1ccc2c(c1)CN(C1CCC(=O)NC1=O)C2=O. The average Bonchev–Trinajstić information content (AvgIpc) is 3.02. The Bertz CT molecular complexity index is 744. The molecule has 2 aliphatic heterocycles. The number of hydrogen-bond donors (Lipinski definition) is 1. The molecule has 3 amide bonds. The Kier molecular flexibility index (Phi) is 7.84. The number of nitrogens with zero attached hydrogens (tertiary/aromatic N) is 1. The van der Waals surface area contributed by atoms with E-state index in [4.69, 9.17) is 0 Å². The van der Waals surface area contributed by atoms with Gasteiger partial charge in [-0.1, -0.05) is 70.4 Å². The van der Waals surface area contributed by atoms with Crippen molar-refractivity contribution in [1.29, 1.82) is 0 Å². The van der Waals surface area contributed by atoms with Crippen molar-refractivity contribution in [2.24, 2.45) is 0 Å². The highest BCUT2D eigenvalue weighted by Crippen LogP contribution is 2.28. The van der Waals surface area contributed by atoms with E-state index in [2.05, 4.69) is 24.4 Å². The quantitative estimate of drug-likeness (QED) is 0.440. The lowest BCUT2D eigenvalue weighted by Gasteiger charge is -2.29. The van der Waals surface area contributed by atoms with Crippen molar-refractivity contribution in [3.63, 3.8) is 0 Å². The Labute approximate surface area is 174 Å². The van der Waals surface area contributed by atoms with E-state index in [0.717, 1.165) is 12.0 Å². The maximum atomic E-state index is 12.7. The van der Waals surface area contributed by atoms with Gasteiger partial charge < -0.3 is 4.90 Å². The number of rotatable bonds is 11. The van der Waals surface area contributed by atoms with Gasteiger partial charge in [-0.05, 0) is 36.5 Å². The lowest BCUT2D eigenvalue weighted by atomic mass is 10.0. The summed E-state index contributed by atoms with van der Waals surface area (Å²) in [5.41, 5.74) is 2.98. The molecule has 0 spiro atoms. The molecule has 1 unspecified atom stereocenters. The molecule has 1 fully saturated rings. The summed E-state index contributed by atoms with van der Waals surface area (Å²) in [6, 6.07) is 5.56. The Balaban J connectivity index is 1.44. The fourth-order valence-corrected chi connectivity index (χ4v) is 4.42. The summed E-state index contributed by atoms with van der Waals surface area (Å²) < 4.78 is 0. The minimum atomic E-state index is -0.534. The highest BCUT2D eigenvalue weighted by Gasteiger charge is 2.38. The predicted molar refractivity (Wildman–Crippen MR) is 113 cm³/mol. The molecule has 0 aliphatic carbocycles. The van der Waals surface area contributed by atoms with Crippen LogP contribution in [-0.2, 0) is 22.6 Å². The first kappa shape index (κ1) is 21.5. The smallest absolute Gasteiger partial charge is 0.255 e. The molecule has 0 radical (unpaired) electrons. The summed E-state index contributed by atoms with van der Waals surface area (Å²) >= 11 is 0. The van der Waals surface area contributed by atoms with E-state index >= 15 is 0 Å². The summed E-state index contributed by atoms with van der Waals surface area (Å²) in [5.74, 6) is -0.694. The number of fused-ring (bicyclic) bond motifs is 1. The third-order valence-electron chi connectivity index (χ3n) is 6.16. The number of hydrogen-bond acceptors (Lipinski definition) is 3. The molecule has 1 atom stereocenters. The number of aryl methyl sites for hydroxylation is 1. The maximum Gasteiger partial charge on any atom is 0.255 e. The zero-order valence-corrected chi connectivity index (χ0v) is 17.7. The first-order valence-electron chi connectivity index (χ1n) is 11.4. The molecule has 5 heteroatoms. The van der Waals surface area contributed by atoms with Crippen LogP contribution >= 0.6 is 0 Å². The van der Waals surface area contributed by atoms with E-state index in [-0.39, 0.29) is 17.7 Å². The zero-order valence-electron chi connectivity index (χ0n) is 17.7. The number of nitrogens with one attached hydrogen (secondary N) is 1. The van der Waals surface area contributed by atoms with E-state index in [1.807, 2.05) is 6.07 Å². The summed E-state index contributed by atoms with van der Waals surface area (Å²) in [6.45, 7) is 2.72. The van der Waals surface area contributed by atoms with Crippen LogP contribution in [0, 0.1) is 0 Å². The molecule has 3 rings (SSSR count). The van der Waals surface area contributed by atoms with E-state index < -0.39 is 6.04 Å². The normalized spacial score (nSPS) is 18.9. The van der Waals surface area contributed by atoms with Crippen LogP contribution < -0.4 is 5.32 Å². The number of piperidine rings is 1. The fourth-order valence-electron chi connectivity index (χ4n) is 4.42. The van der Waals surface area contributed by atoms with Crippen LogP contribution in [0.2, 0.25) is 0 Å². The summed E-state index contributed by atoms with van der Waals surface area (Å²) in [7, 11) is 0. The van der Waals surface area contributed by atoms with Gasteiger partial charge >= 0.3 is 0 Å². The molecule has 1 aromatic carbocycles.